The van der Waals surface area contributed by atoms with Crippen LogP contribution in [-0.4, -0.2) is 33.4 Å². The number of nitrogens with two attached hydrogens (primary N) is 1. The molecule has 1 amide bonds. The molecule has 0 radical (unpaired) electrons. The molecule has 6 nitrogen and oxygen atoms in total. The summed E-state index contributed by atoms with van der Waals surface area (Å²) in [6.07, 6.45) is 4.26. The van der Waals surface area contributed by atoms with Crippen molar-refractivity contribution in [2.24, 2.45) is 11.7 Å². The SMILES string of the molecule is Cc1cc(F)ccc1-n1cc(O)c(C(=O)NC2CCCC2CN)n1.Cl. The zero-order valence-corrected chi connectivity index (χ0v) is 14.7. The van der Waals surface area contributed by atoms with Gasteiger partial charge in [0, 0.05) is 6.04 Å². The molecule has 8 heteroatoms. The molecule has 2 aromatic rings. The fourth-order valence-electron chi connectivity index (χ4n) is 3.27. The first-order valence-electron chi connectivity index (χ1n) is 8.05. The zero-order valence-electron chi connectivity index (χ0n) is 13.9. The van der Waals surface area contributed by atoms with Gasteiger partial charge in [-0.25, -0.2) is 9.07 Å². The summed E-state index contributed by atoms with van der Waals surface area (Å²) in [5, 5.41) is 17.1. The topological polar surface area (TPSA) is 93.2 Å². The van der Waals surface area contributed by atoms with Gasteiger partial charge in [0.2, 0.25) is 0 Å². The van der Waals surface area contributed by atoms with Crippen LogP contribution in [-0.2, 0) is 0 Å². The summed E-state index contributed by atoms with van der Waals surface area (Å²) in [4.78, 5) is 12.4. The number of hydrogen-bond donors (Lipinski definition) is 3. The summed E-state index contributed by atoms with van der Waals surface area (Å²) in [5.74, 6) is -0.716. The van der Waals surface area contributed by atoms with Gasteiger partial charge in [0.1, 0.15) is 5.82 Å². The van der Waals surface area contributed by atoms with E-state index in [1.807, 2.05) is 0 Å². The first-order chi connectivity index (χ1) is 11.5. The molecule has 1 saturated carbocycles. The summed E-state index contributed by atoms with van der Waals surface area (Å²) in [6.45, 7) is 2.27. The number of aromatic nitrogens is 2. The number of aromatic hydroxyl groups is 1. The molecule has 1 heterocycles. The Labute approximate surface area is 151 Å². The third kappa shape index (κ3) is 3.93. The van der Waals surface area contributed by atoms with Gasteiger partial charge in [-0.05, 0) is 56.0 Å². The fourth-order valence-corrected chi connectivity index (χ4v) is 3.27. The highest BCUT2D eigenvalue weighted by Gasteiger charge is 2.29. The van der Waals surface area contributed by atoms with Gasteiger partial charge in [-0.1, -0.05) is 6.42 Å². The molecular weight excluding hydrogens is 347 g/mol. The predicted octanol–water partition coefficient (Wildman–Crippen LogP) is 2.30. The van der Waals surface area contributed by atoms with Gasteiger partial charge < -0.3 is 16.2 Å². The summed E-state index contributed by atoms with van der Waals surface area (Å²) in [7, 11) is 0. The van der Waals surface area contributed by atoms with Crippen molar-refractivity contribution in [2.45, 2.75) is 32.2 Å². The van der Waals surface area contributed by atoms with Crippen molar-refractivity contribution in [2.75, 3.05) is 6.54 Å². The second-order valence-corrected chi connectivity index (χ2v) is 6.24. The molecule has 1 aromatic carbocycles. The van der Waals surface area contributed by atoms with E-state index in [1.54, 1.807) is 13.0 Å². The van der Waals surface area contributed by atoms with E-state index in [1.165, 1.54) is 23.0 Å². The van der Waals surface area contributed by atoms with Crippen molar-refractivity contribution < 1.29 is 14.3 Å². The monoisotopic (exact) mass is 368 g/mol. The summed E-state index contributed by atoms with van der Waals surface area (Å²) < 4.78 is 14.6. The normalized spacial score (nSPS) is 19.5. The number of carbonyl (C=O) groups excluding carboxylic acids is 1. The first-order valence-corrected chi connectivity index (χ1v) is 8.05. The number of nitrogens with one attached hydrogen (secondary N) is 1. The average molecular weight is 369 g/mol. The maximum Gasteiger partial charge on any atom is 0.275 e. The molecule has 2 atom stereocenters. The van der Waals surface area contributed by atoms with Crippen LogP contribution in [0.15, 0.2) is 24.4 Å². The van der Waals surface area contributed by atoms with Crippen molar-refractivity contribution in [3.05, 3.63) is 41.5 Å². The highest BCUT2D eigenvalue weighted by molar-refractivity contribution is 5.95. The molecule has 1 aliphatic carbocycles. The van der Waals surface area contributed by atoms with E-state index in [9.17, 15) is 14.3 Å². The van der Waals surface area contributed by atoms with Gasteiger partial charge >= 0.3 is 0 Å². The highest BCUT2D eigenvalue weighted by atomic mass is 35.5. The van der Waals surface area contributed by atoms with Crippen LogP contribution in [0.3, 0.4) is 0 Å². The van der Waals surface area contributed by atoms with E-state index in [2.05, 4.69) is 10.4 Å². The molecule has 25 heavy (non-hydrogen) atoms. The molecule has 1 aromatic heterocycles. The summed E-state index contributed by atoms with van der Waals surface area (Å²) in [5.41, 5.74) is 6.95. The van der Waals surface area contributed by atoms with Crippen LogP contribution in [0.1, 0.15) is 35.3 Å². The van der Waals surface area contributed by atoms with E-state index in [0.29, 0.717) is 17.8 Å². The second-order valence-electron chi connectivity index (χ2n) is 6.24. The molecule has 0 spiro atoms. The van der Waals surface area contributed by atoms with Crippen LogP contribution in [0.2, 0.25) is 0 Å². The lowest BCUT2D eigenvalue weighted by Gasteiger charge is -2.18. The minimum Gasteiger partial charge on any atom is -0.504 e. The fraction of sp³-hybridized carbons (Fsp3) is 0.412. The lowest BCUT2D eigenvalue weighted by atomic mass is 10.0. The first kappa shape index (κ1) is 19.2. The molecule has 4 N–H and O–H groups in total. The number of rotatable bonds is 4. The minimum absolute atomic E-state index is 0. The van der Waals surface area contributed by atoms with Crippen molar-refractivity contribution >= 4 is 18.3 Å². The van der Waals surface area contributed by atoms with Crippen LogP contribution < -0.4 is 11.1 Å². The molecule has 2 unspecified atom stereocenters. The zero-order chi connectivity index (χ0) is 17.3. The average Bonchev–Trinajstić information content (AvgIpc) is 3.13. The smallest absolute Gasteiger partial charge is 0.275 e. The Morgan fingerprint density at radius 2 is 2.24 bits per heavy atom. The number of aryl methyl sites for hydroxylation is 1. The van der Waals surface area contributed by atoms with Gasteiger partial charge in [-0.15, -0.1) is 12.4 Å². The van der Waals surface area contributed by atoms with Crippen molar-refractivity contribution in [3.8, 4) is 11.4 Å². The summed E-state index contributed by atoms with van der Waals surface area (Å²) in [6, 6.07) is 4.25. The standard InChI is InChI=1S/C17H21FN4O2.ClH/c1-10-7-12(18)5-6-14(10)22-9-15(23)16(21-22)17(24)20-13-4-2-3-11(13)8-19;/h5-7,9,11,13,23H,2-4,8,19H2,1H3,(H,20,24);1H. The van der Waals surface area contributed by atoms with Crippen molar-refractivity contribution in [1.82, 2.24) is 15.1 Å². The number of amides is 1. The Bertz CT molecular complexity index is 765. The Kier molecular flexibility index (Phi) is 6.02. The van der Waals surface area contributed by atoms with Crippen molar-refractivity contribution in [1.29, 1.82) is 0 Å². The quantitative estimate of drug-likeness (QED) is 0.772. The third-order valence-electron chi connectivity index (χ3n) is 4.59. The molecule has 1 aliphatic rings. The minimum atomic E-state index is -0.420. The van der Waals surface area contributed by atoms with Gasteiger partial charge in [-0.2, -0.15) is 5.10 Å². The number of benzene rings is 1. The molecule has 0 saturated heterocycles. The second kappa shape index (κ2) is 7.84. The van der Waals surface area contributed by atoms with Gasteiger partial charge in [0.05, 0.1) is 11.9 Å². The summed E-state index contributed by atoms with van der Waals surface area (Å²) >= 11 is 0. The van der Waals surface area contributed by atoms with E-state index >= 15 is 0 Å². The maximum atomic E-state index is 13.2. The Morgan fingerprint density at radius 1 is 1.48 bits per heavy atom. The van der Waals surface area contributed by atoms with E-state index in [0.717, 1.165) is 19.3 Å². The number of nitrogens with zero attached hydrogens (tertiary/aromatic N) is 2. The van der Waals surface area contributed by atoms with Crippen LogP contribution in [0.5, 0.6) is 5.75 Å². The Hall–Kier alpha value is -2.12. The van der Waals surface area contributed by atoms with E-state index in [-0.39, 0.29) is 41.6 Å². The highest BCUT2D eigenvalue weighted by Crippen LogP contribution is 2.26. The van der Waals surface area contributed by atoms with Crippen LogP contribution in [0.25, 0.3) is 5.69 Å². The largest absolute Gasteiger partial charge is 0.504 e. The Morgan fingerprint density at radius 3 is 2.92 bits per heavy atom. The van der Waals surface area contributed by atoms with E-state index in [4.69, 9.17) is 5.73 Å². The van der Waals surface area contributed by atoms with Gasteiger partial charge in [0.15, 0.2) is 11.4 Å². The van der Waals surface area contributed by atoms with Crippen LogP contribution >= 0.6 is 12.4 Å². The number of hydrogen-bond acceptors (Lipinski definition) is 4. The molecular formula is C17H22ClFN4O2. The van der Waals surface area contributed by atoms with Crippen LogP contribution in [0.4, 0.5) is 4.39 Å². The molecule has 136 valence electrons. The maximum absolute atomic E-state index is 13.2. The predicted molar refractivity (Wildman–Crippen MR) is 94.8 cm³/mol. The molecule has 0 aliphatic heterocycles. The van der Waals surface area contributed by atoms with Gasteiger partial charge in [0.25, 0.3) is 5.91 Å². The molecule has 1 fully saturated rings. The number of halogens is 2. The molecule has 0 bridgehead atoms. The third-order valence-corrected chi connectivity index (χ3v) is 4.59. The van der Waals surface area contributed by atoms with Crippen molar-refractivity contribution in [3.63, 3.8) is 0 Å². The molecule has 3 rings (SSSR count). The lowest BCUT2D eigenvalue weighted by Crippen LogP contribution is -2.40. The van der Waals surface area contributed by atoms with Crippen LogP contribution in [0, 0.1) is 18.7 Å². The van der Waals surface area contributed by atoms with Gasteiger partial charge in [-0.3, -0.25) is 4.79 Å². The number of carbonyl (C=O) groups is 1. The van der Waals surface area contributed by atoms with E-state index < -0.39 is 5.91 Å². The Balaban J connectivity index is 0.00000225. The lowest BCUT2D eigenvalue weighted by molar-refractivity contribution is 0.0920.